The minimum atomic E-state index is -0.474. The molecule has 0 aliphatic heterocycles. The average Bonchev–Trinajstić information content (AvgIpc) is 2.82. The number of rotatable bonds is 6. The molecular formula is C17H25ClN4O. The van der Waals surface area contributed by atoms with Crippen LogP contribution in [0.15, 0.2) is 18.2 Å². The first-order valence-electron chi connectivity index (χ1n) is 7.90. The zero-order chi connectivity index (χ0) is 17.2. The summed E-state index contributed by atoms with van der Waals surface area (Å²) in [6, 6.07) is 5.71. The first kappa shape index (κ1) is 17.8. The first-order chi connectivity index (χ1) is 10.8. The minimum absolute atomic E-state index is 0.0277. The van der Waals surface area contributed by atoms with Crippen LogP contribution in [-0.2, 0) is 11.8 Å². The molecule has 0 bridgehead atoms. The van der Waals surface area contributed by atoms with Gasteiger partial charge in [0, 0.05) is 25.2 Å². The van der Waals surface area contributed by atoms with Crippen LogP contribution in [-0.4, -0.2) is 28.5 Å². The standard InChI is InChI=1S/C17H25ClN4O/c1-6-19-16(23)17(3,4)10-20-11(2)15-21-13-8-7-12(18)9-14(13)22(15)5/h7-9,11,20H,6,10H2,1-5H3,(H,19,23)/t11-/m1/s1. The molecule has 2 rings (SSSR count). The number of hydrogen-bond donors (Lipinski definition) is 2. The summed E-state index contributed by atoms with van der Waals surface area (Å²) in [5, 5.41) is 6.99. The molecule has 0 radical (unpaired) electrons. The van der Waals surface area contributed by atoms with Gasteiger partial charge in [-0.15, -0.1) is 0 Å². The molecule has 1 amide bonds. The van der Waals surface area contributed by atoms with E-state index in [1.807, 2.05) is 50.6 Å². The van der Waals surface area contributed by atoms with E-state index in [-0.39, 0.29) is 11.9 Å². The lowest BCUT2D eigenvalue weighted by molar-refractivity contribution is -0.129. The molecule has 5 nitrogen and oxygen atoms in total. The van der Waals surface area contributed by atoms with Crippen molar-refractivity contribution in [2.75, 3.05) is 13.1 Å². The fourth-order valence-electron chi connectivity index (χ4n) is 2.55. The van der Waals surface area contributed by atoms with E-state index in [1.54, 1.807) is 0 Å². The molecule has 2 N–H and O–H groups in total. The first-order valence-corrected chi connectivity index (χ1v) is 8.27. The topological polar surface area (TPSA) is 59.0 Å². The summed E-state index contributed by atoms with van der Waals surface area (Å²) in [6.45, 7) is 9.07. The largest absolute Gasteiger partial charge is 0.356 e. The van der Waals surface area contributed by atoms with Gasteiger partial charge in [0.1, 0.15) is 5.82 Å². The summed E-state index contributed by atoms with van der Waals surface area (Å²) in [7, 11) is 1.98. The van der Waals surface area contributed by atoms with E-state index in [1.165, 1.54) is 0 Å². The van der Waals surface area contributed by atoms with Crippen molar-refractivity contribution in [2.45, 2.75) is 33.7 Å². The van der Waals surface area contributed by atoms with E-state index in [2.05, 4.69) is 22.5 Å². The highest BCUT2D eigenvalue weighted by molar-refractivity contribution is 6.31. The summed E-state index contributed by atoms with van der Waals surface area (Å²) in [4.78, 5) is 16.7. The third-order valence-electron chi connectivity index (χ3n) is 4.07. The Bertz CT molecular complexity index is 708. The number of aromatic nitrogens is 2. The van der Waals surface area contributed by atoms with Crippen molar-refractivity contribution < 1.29 is 4.79 Å². The van der Waals surface area contributed by atoms with Gasteiger partial charge in [0.2, 0.25) is 5.91 Å². The van der Waals surface area contributed by atoms with Gasteiger partial charge >= 0.3 is 0 Å². The summed E-state index contributed by atoms with van der Waals surface area (Å²) in [5.41, 5.74) is 1.45. The van der Waals surface area contributed by atoms with Crippen molar-refractivity contribution in [1.82, 2.24) is 20.2 Å². The molecule has 0 saturated heterocycles. The van der Waals surface area contributed by atoms with E-state index in [0.29, 0.717) is 18.1 Å². The lowest BCUT2D eigenvalue weighted by Crippen LogP contribution is -2.44. The minimum Gasteiger partial charge on any atom is -0.356 e. The van der Waals surface area contributed by atoms with Crippen LogP contribution in [0.3, 0.4) is 0 Å². The van der Waals surface area contributed by atoms with Crippen molar-refractivity contribution in [3.63, 3.8) is 0 Å². The lowest BCUT2D eigenvalue weighted by atomic mass is 9.92. The van der Waals surface area contributed by atoms with Crippen molar-refractivity contribution in [3.05, 3.63) is 29.0 Å². The molecule has 2 aromatic rings. The molecule has 126 valence electrons. The normalized spacial score (nSPS) is 13.3. The molecule has 1 aromatic carbocycles. The van der Waals surface area contributed by atoms with Gasteiger partial charge in [0.25, 0.3) is 0 Å². The number of carbonyl (C=O) groups is 1. The number of fused-ring (bicyclic) bond motifs is 1. The number of carbonyl (C=O) groups excluding carboxylic acids is 1. The van der Waals surface area contributed by atoms with E-state index in [9.17, 15) is 4.79 Å². The van der Waals surface area contributed by atoms with Crippen LogP contribution >= 0.6 is 11.6 Å². The number of halogens is 1. The van der Waals surface area contributed by atoms with Crippen molar-refractivity contribution in [1.29, 1.82) is 0 Å². The van der Waals surface area contributed by atoms with Gasteiger partial charge in [-0.1, -0.05) is 11.6 Å². The zero-order valence-electron chi connectivity index (χ0n) is 14.4. The molecule has 1 heterocycles. The maximum Gasteiger partial charge on any atom is 0.226 e. The number of aryl methyl sites for hydroxylation is 1. The second-order valence-electron chi connectivity index (χ2n) is 6.51. The van der Waals surface area contributed by atoms with Gasteiger partial charge in [-0.25, -0.2) is 4.98 Å². The van der Waals surface area contributed by atoms with Crippen molar-refractivity contribution in [3.8, 4) is 0 Å². The summed E-state index contributed by atoms with van der Waals surface area (Å²) < 4.78 is 2.04. The van der Waals surface area contributed by atoms with Crippen LogP contribution in [0.2, 0.25) is 5.02 Å². The predicted octanol–water partition coefficient (Wildman–Crippen LogP) is 3.04. The van der Waals surface area contributed by atoms with Crippen LogP contribution in [0.1, 0.15) is 39.6 Å². The highest BCUT2D eigenvalue weighted by Gasteiger charge is 2.28. The smallest absolute Gasteiger partial charge is 0.226 e. The van der Waals surface area contributed by atoms with Crippen molar-refractivity contribution in [2.24, 2.45) is 12.5 Å². The van der Waals surface area contributed by atoms with Crippen LogP contribution in [0.25, 0.3) is 11.0 Å². The highest BCUT2D eigenvalue weighted by atomic mass is 35.5. The van der Waals surface area contributed by atoms with Gasteiger partial charge in [-0.05, 0) is 45.9 Å². The molecule has 23 heavy (non-hydrogen) atoms. The van der Waals surface area contributed by atoms with Crippen LogP contribution in [0, 0.1) is 5.41 Å². The predicted molar refractivity (Wildman–Crippen MR) is 94.6 cm³/mol. The number of hydrogen-bond acceptors (Lipinski definition) is 3. The molecular weight excluding hydrogens is 312 g/mol. The molecule has 6 heteroatoms. The summed E-state index contributed by atoms with van der Waals surface area (Å²) >= 11 is 6.06. The van der Waals surface area contributed by atoms with Gasteiger partial charge in [-0.2, -0.15) is 0 Å². The van der Waals surface area contributed by atoms with E-state index in [0.717, 1.165) is 16.9 Å². The Hall–Kier alpha value is -1.59. The lowest BCUT2D eigenvalue weighted by Gasteiger charge is -2.25. The maximum absolute atomic E-state index is 12.1. The molecule has 0 unspecified atom stereocenters. The van der Waals surface area contributed by atoms with E-state index >= 15 is 0 Å². The molecule has 0 aliphatic rings. The second-order valence-corrected chi connectivity index (χ2v) is 6.94. The number of nitrogens with one attached hydrogen (secondary N) is 2. The van der Waals surface area contributed by atoms with Crippen molar-refractivity contribution >= 4 is 28.5 Å². The Balaban J connectivity index is 2.13. The fourth-order valence-corrected chi connectivity index (χ4v) is 2.71. The Morgan fingerprint density at radius 2 is 2.13 bits per heavy atom. The molecule has 0 saturated carbocycles. The summed E-state index contributed by atoms with van der Waals surface area (Å²) in [5.74, 6) is 0.977. The second kappa shape index (κ2) is 6.89. The Kier molecular flexibility index (Phi) is 5.32. The highest BCUT2D eigenvalue weighted by Crippen LogP contribution is 2.23. The Morgan fingerprint density at radius 3 is 2.78 bits per heavy atom. The van der Waals surface area contributed by atoms with Crippen LogP contribution in [0.4, 0.5) is 0 Å². The van der Waals surface area contributed by atoms with E-state index < -0.39 is 5.41 Å². The number of amides is 1. The molecule has 1 aromatic heterocycles. The van der Waals surface area contributed by atoms with Gasteiger partial charge in [-0.3, -0.25) is 4.79 Å². The zero-order valence-corrected chi connectivity index (χ0v) is 15.2. The van der Waals surface area contributed by atoms with Gasteiger partial charge in [0.05, 0.1) is 22.5 Å². The van der Waals surface area contributed by atoms with Gasteiger partial charge in [0.15, 0.2) is 0 Å². The third-order valence-corrected chi connectivity index (χ3v) is 4.30. The fraction of sp³-hybridized carbons (Fsp3) is 0.529. The Labute approximate surface area is 142 Å². The average molecular weight is 337 g/mol. The van der Waals surface area contributed by atoms with Crippen LogP contribution < -0.4 is 10.6 Å². The summed E-state index contributed by atoms with van der Waals surface area (Å²) in [6.07, 6.45) is 0. The monoisotopic (exact) mass is 336 g/mol. The number of imidazole rings is 1. The third kappa shape index (κ3) is 3.85. The molecule has 1 atom stereocenters. The molecule has 0 aliphatic carbocycles. The SMILES string of the molecule is CCNC(=O)C(C)(C)CN[C@H](C)c1nc2ccc(Cl)cc2n1C. The number of benzene rings is 1. The van der Waals surface area contributed by atoms with Crippen LogP contribution in [0.5, 0.6) is 0 Å². The molecule has 0 spiro atoms. The maximum atomic E-state index is 12.1. The quantitative estimate of drug-likeness (QED) is 0.852. The molecule has 0 fully saturated rings. The Morgan fingerprint density at radius 1 is 1.43 bits per heavy atom. The van der Waals surface area contributed by atoms with E-state index in [4.69, 9.17) is 11.6 Å². The number of nitrogens with zero attached hydrogens (tertiary/aromatic N) is 2. The van der Waals surface area contributed by atoms with Gasteiger partial charge < -0.3 is 15.2 Å².